The monoisotopic (exact) mass is 283 g/mol. The van der Waals surface area contributed by atoms with E-state index in [1.807, 2.05) is 37.3 Å². The molecule has 3 rings (SSSR count). The van der Waals surface area contributed by atoms with Crippen LogP contribution in [0.4, 0.5) is 5.82 Å². The van der Waals surface area contributed by atoms with E-state index in [0.717, 1.165) is 29.7 Å². The standard InChI is InChI=1S/C17H21N3O/c1-4-18-15-9-12(11-7-5-6-8-13(11)19-15)16(21)20-14-10-17(14,2)3/h5-9,14H,4,10H2,1-3H3,(H,18,19)(H,20,21). The molecule has 21 heavy (non-hydrogen) atoms. The third kappa shape index (κ3) is 2.71. The van der Waals surface area contributed by atoms with Crippen molar-refractivity contribution in [2.24, 2.45) is 5.41 Å². The van der Waals surface area contributed by atoms with Gasteiger partial charge in [0.25, 0.3) is 5.91 Å². The summed E-state index contributed by atoms with van der Waals surface area (Å²) in [5.74, 6) is 0.736. The highest BCUT2D eigenvalue weighted by Crippen LogP contribution is 2.44. The Balaban J connectivity index is 1.97. The number of amides is 1. The highest BCUT2D eigenvalue weighted by molar-refractivity contribution is 6.07. The molecule has 1 aliphatic carbocycles. The molecule has 2 N–H and O–H groups in total. The number of aromatic nitrogens is 1. The second kappa shape index (κ2) is 5.02. The number of fused-ring (bicyclic) bond motifs is 1. The van der Waals surface area contributed by atoms with E-state index in [2.05, 4.69) is 29.5 Å². The maximum atomic E-state index is 12.6. The highest BCUT2D eigenvalue weighted by atomic mass is 16.1. The number of carbonyl (C=O) groups excluding carboxylic acids is 1. The zero-order chi connectivity index (χ0) is 15.0. The Morgan fingerprint density at radius 2 is 2.10 bits per heavy atom. The molecule has 0 spiro atoms. The van der Waals surface area contributed by atoms with Gasteiger partial charge >= 0.3 is 0 Å². The lowest BCUT2D eigenvalue weighted by Gasteiger charge is -2.11. The molecule has 0 saturated heterocycles. The second-order valence-corrected chi connectivity index (χ2v) is 6.32. The van der Waals surface area contributed by atoms with Crippen LogP contribution in [0.15, 0.2) is 30.3 Å². The van der Waals surface area contributed by atoms with Crippen molar-refractivity contribution in [3.05, 3.63) is 35.9 Å². The van der Waals surface area contributed by atoms with Crippen LogP contribution < -0.4 is 10.6 Å². The van der Waals surface area contributed by atoms with Crippen molar-refractivity contribution in [2.75, 3.05) is 11.9 Å². The van der Waals surface area contributed by atoms with Gasteiger partial charge in [-0.15, -0.1) is 0 Å². The van der Waals surface area contributed by atoms with Gasteiger partial charge in [0.1, 0.15) is 5.82 Å². The number of para-hydroxylation sites is 1. The Labute approximate surface area is 125 Å². The van der Waals surface area contributed by atoms with Crippen molar-refractivity contribution in [1.82, 2.24) is 10.3 Å². The van der Waals surface area contributed by atoms with E-state index < -0.39 is 0 Å². The molecule has 0 bridgehead atoms. The molecule has 1 aromatic heterocycles. The number of nitrogens with zero attached hydrogens (tertiary/aromatic N) is 1. The van der Waals surface area contributed by atoms with Crippen molar-refractivity contribution >= 4 is 22.6 Å². The van der Waals surface area contributed by atoms with Gasteiger partial charge in [0.15, 0.2) is 0 Å². The van der Waals surface area contributed by atoms with Crippen molar-refractivity contribution in [3.63, 3.8) is 0 Å². The first-order valence-electron chi connectivity index (χ1n) is 7.46. The molecule has 1 saturated carbocycles. The Morgan fingerprint density at radius 3 is 2.76 bits per heavy atom. The summed E-state index contributed by atoms with van der Waals surface area (Å²) < 4.78 is 0. The van der Waals surface area contributed by atoms with Gasteiger partial charge in [-0.3, -0.25) is 4.79 Å². The average molecular weight is 283 g/mol. The maximum absolute atomic E-state index is 12.6. The number of pyridine rings is 1. The largest absolute Gasteiger partial charge is 0.370 e. The lowest BCUT2D eigenvalue weighted by atomic mass is 10.1. The van der Waals surface area contributed by atoms with Gasteiger partial charge in [-0.2, -0.15) is 0 Å². The Morgan fingerprint density at radius 1 is 1.38 bits per heavy atom. The molecule has 1 amide bonds. The fourth-order valence-electron chi connectivity index (χ4n) is 2.58. The number of nitrogens with one attached hydrogen (secondary N) is 2. The van der Waals surface area contributed by atoms with E-state index in [1.165, 1.54) is 0 Å². The van der Waals surface area contributed by atoms with Crippen LogP contribution in [-0.2, 0) is 0 Å². The van der Waals surface area contributed by atoms with Gasteiger partial charge in [-0.05, 0) is 30.9 Å². The summed E-state index contributed by atoms with van der Waals surface area (Å²) in [6, 6.07) is 9.89. The van der Waals surface area contributed by atoms with Crippen LogP contribution in [-0.4, -0.2) is 23.5 Å². The Bertz CT molecular complexity index is 693. The molecule has 1 fully saturated rings. The van der Waals surface area contributed by atoms with Gasteiger partial charge in [0, 0.05) is 18.0 Å². The van der Waals surface area contributed by atoms with E-state index in [4.69, 9.17) is 0 Å². The average Bonchev–Trinajstić information content (AvgIpc) is 3.05. The summed E-state index contributed by atoms with van der Waals surface area (Å²) >= 11 is 0. The quantitative estimate of drug-likeness (QED) is 0.906. The van der Waals surface area contributed by atoms with Crippen LogP contribution in [0.5, 0.6) is 0 Å². The van der Waals surface area contributed by atoms with Crippen molar-refractivity contribution in [2.45, 2.75) is 33.2 Å². The number of anilines is 1. The number of carbonyl (C=O) groups is 1. The van der Waals surface area contributed by atoms with Gasteiger partial charge < -0.3 is 10.6 Å². The first-order valence-corrected chi connectivity index (χ1v) is 7.46. The topological polar surface area (TPSA) is 54.0 Å². The van der Waals surface area contributed by atoms with Crippen molar-refractivity contribution < 1.29 is 4.79 Å². The van der Waals surface area contributed by atoms with Crippen LogP contribution in [0.3, 0.4) is 0 Å². The summed E-state index contributed by atoms with van der Waals surface area (Å²) in [5.41, 5.74) is 1.76. The molecule has 110 valence electrons. The fourth-order valence-corrected chi connectivity index (χ4v) is 2.58. The summed E-state index contributed by atoms with van der Waals surface area (Å²) in [4.78, 5) is 17.1. The van der Waals surface area contributed by atoms with Crippen LogP contribution in [0, 0.1) is 5.41 Å². The van der Waals surface area contributed by atoms with Crippen LogP contribution in [0.2, 0.25) is 0 Å². The van der Waals surface area contributed by atoms with Crippen molar-refractivity contribution in [3.8, 4) is 0 Å². The molecule has 1 aliphatic rings. The van der Waals surface area contributed by atoms with Gasteiger partial charge in [0.2, 0.25) is 0 Å². The summed E-state index contributed by atoms with van der Waals surface area (Å²) in [7, 11) is 0. The molecule has 1 unspecified atom stereocenters. The molecule has 0 radical (unpaired) electrons. The SMILES string of the molecule is CCNc1cc(C(=O)NC2CC2(C)C)c2ccccc2n1. The summed E-state index contributed by atoms with van der Waals surface area (Å²) in [5, 5.41) is 7.21. The molecule has 4 nitrogen and oxygen atoms in total. The minimum absolute atomic E-state index is 0.0108. The first-order chi connectivity index (χ1) is 10.0. The van der Waals surface area contributed by atoms with Gasteiger partial charge in [-0.1, -0.05) is 32.0 Å². The minimum atomic E-state index is -0.0108. The van der Waals surface area contributed by atoms with Crippen molar-refractivity contribution in [1.29, 1.82) is 0 Å². The lowest BCUT2D eigenvalue weighted by molar-refractivity contribution is 0.0948. The lowest BCUT2D eigenvalue weighted by Crippen LogP contribution is -2.28. The number of benzene rings is 1. The third-order valence-corrected chi connectivity index (χ3v) is 4.14. The zero-order valence-electron chi connectivity index (χ0n) is 12.7. The van der Waals surface area contributed by atoms with E-state index in [0.29, 0.717) is 5.56 Å². The summed E-state index contributed by atoms with van der Waals surface area (Å²) in [6.45, 7) is 7.14. The maximum Gasteiger partial charge on any atom is 0.252 e. The van der Waals surface area contributed by atoms with E-state index in [1.54, 1.807) is 0 Å². The van der Waals surface area contributed by atoms with Gasteiger partial charge in [0.05, 0.1) is 11.1 Å². The Hall–Kier alpha value is -2.10. The van der Waals surface area contributed by atoms with Crippen LogP contribution in [0.25, 0.3) is 10.9 Å². The molecule has 1 atom stereocenters. The molecule has 4 heteroatoms. The van der Waals surface area contributed by atoms with E-state index in [-0.39, 0.29) is 17.4 Å². The third-order valence-electron chi connectivity index (χ3n) is 4.14. The van der Waals surface area contributed by atoms with E-state index in [9.17, 15) is 4.79 Å². The molecular weight excluding hydrogens is 262 g/mol. The zero-order valence-corrected chi connectivity index (χ0v) is 12.7. The number of hydrogen-bond donors (Lipinski definition) is 2. The Kier molecular flexibility index (Phi) is 3.32. The van der Waals surface area contributed by atoms with Crippen LogP contribution in [0.1, 0.15) is 37.6 Å². The smallest absolute Gasteiger partial charge is 0.252 e. The second-order valence-electron chi connectivity index (χ2n) is 6.32. The number of rotatable bonds is 4. The predicted octanol–water partition coefficient (Wildman–Crippen LogP) is 3.19. The van der Waals surface area contributed by atoms with E-state index >= 15 is 0 Å². The molecule has 2 aromatic rings. The molecular formula is C17H21N3O. The minimum Gasteiger partial charge on any atom is -0.370 e. The normalized spacial score (nSPS) is 19.3. The summed E-state index contributed by atoms with van der Waals surface area (Å²) in [6.07, 6.45) is 1.04. The highest BCUT2D eigenvalue weighted by Gasteiger charge is 2.46. The van der Waals surface area contributed by atoms with Gasteiger partial charge in [-0.25, -0.2) is 4.98 Å². The fraction of sp³-hybridized carbons (Fsp3) is 0.412. The first kappa shape index (κ1) is 13.9. The van der Waals surface area contributed by atoms with Crippen LogP contribution >= 0.6 is 0 Å². The molecule has 1 aromatic carbocycles. The predicted molar refractivity (Wildman–Crippen MR) is 85.6 cm³/mol. The molecule has 1 heterocycles. The molecule has 0 aliphatic heterocycles. The number of hydrogen-bond acceptors (Lipinski definition) is 3.